The Kier molecular flexibility index (Phi) is 7.30. The van der Waals surface area contributed by atoms with Gasteiger partial charge in [0, 0.05) is 24.1 Å². The molecule has 0 bridgehead atoms. The summed E-state index contributed by atoms with van der Waals surface area (Å²) in [6.45, 7) is 0.131. The molecule has 0 saturated heterocycles. The number of amides is 1. The summed E-state index contributed by atoms with van der Waals surface area (Å²) in [4.78, 5) is 33.8. The Hall–Kier alpha value is -2.85. The Labute approximate surface area is 133 Å². The molecule has 1 aromatic rings. The molecule has 1 amide bonds. The number of hydrogen-bond acceptors (Lipinski definition) is 5. The first kappa shape index (κ1) is 18.2. The van der Waals surface area contributed by atoms with Crippen molar-refractivity contribution in [2.75, 3.05) is 19.0 Å². The van der Waals surface area contributed by atoms with E-state index in [2.05, 4.69) is 21.9 Å². The van der Waals surface area contributed by atoms with E-state index in [9.17, 15) is 14.4 Å². The molecular formula is C16H18N2O5. The van der Waals surface area contributed by atoms with Gasteiger partial charge in [0.05, 0.1) is 19.2 Å². The van der Waals surface area contributed by atoms with Gasteiger partial charge in [0.1, 0.15) is 0 Å². The molecule has 7 nitrogen and oxygen atoms in total. The first-order valence-corrected chi connectivity index (χ1v) is 6.91. The summed E-state index contributed by atoms with van der Waals surface area (Å²) in [5.41, 5.74) is 6.45. The highest BCUT2D eigenvalue weighted by Crippen LogP contribution is 2.17. The van der Waals surface area contributed by atoms with E-state index in [1.54, 1.807) is 12.1 Å². The van der Waals surface area contributed by atoms with Gasteiger partial charge < -0.3 is 20.9 Å². The van der Waals surface area contributed by atoms with Crippen LogP contribution >= 0.6 is 0 Å². The Morgan fingerprint density at radius 1 is 1.30 bits per heavy atom. The quantitative estimate of drug-likeness (QED) is 0.531. The summed E-state index contributed by atoms with van der Waals surface area (Å²) in [5, 5.41) is 11.2. The van der Waals surface area contributed by atoms with Crippen LogP contribution in [0, 0.1) is 11.8 Å². The number of carbonyl (C=O) groups excluding carboxylic acids is 2. The standard InChI is InChI=1S/C16H18N2O5/c1-23-16(22)13-8-7-12(10-11(13)4-3-9-17)18-14(19)5-2-6-15(20)21/h7-8,10H,2,5-6,9,17H2,1H3,(H,18,19)(H,20,21). The van der Waals surface area contributed by atoms with Crippen LogP contribution in [0.25, 0.3) is 0 Å². The number of aliphatic carboxylic acids is 1. The molecule has 0 spiro atoms. The predicted octanol–water partition coefficient (Wildman–Crippen LogP) is 0.977. The van der Waals surface area contributed by atoms with E-state index in [4.69, 9.17) is 10.8 Å². The number of rotatable bonds is 6. The van der Waals surface area contributed by atoms with Gasteiger partial charge in [-0.3, -0.25) is 9.59 Å². The molecule has 23 heavy (non-hydrogen) atoms. The van der Waals surface area contributed by atoms with E-state index in [1.807, 2.05) is 0 Å². The lowest BCUT2D eigenvalue weighted by atomic mass is 10.1. The highest BCUT2D eigenvalue weighted by molar-refractivity contribution is 5.95. The number of esters is 1. The molecule has 0 radical (unpaired) electrons. The number of nitrogens with one attached hydrogen (secondary N) is 1. The van der Waals surface area contributed by atoms with Crippen molar-refractivity contribution in [2.24, 2.45) is 5.73 Å². The lowest BCUT2D eigenvalue weighted by Gasteiger charge is -2.08. The third-order valence-corrected chi connectivity index (χ3v) is 2.83. The van der Waals surface area contributed by atoms with Crippen LogP contribution in [0.4, 0.5) is 5.69 Å². The van der Waals surface area contributed by atoms with Crippen LogP contribution in [-0.2, 0) is 14.3 Å². The molecule has 0 aliphatic rings. The molecule has 0 atom stereocenters. The molecule has 1 aromatic carbocycles. The van der Waals surface area contributed by atoms with Gasteiger partial charge in [0.15, 0.2) is 0 Å². The molecule has 0 fully saturated rings. The van der Waals surface area contributed by atoms with E-state index in [-0.39, 0.29) is 37.3 Å². The second-order valence-corrected chi connectivity index (χ2v) is 4.55. The van der Waals surface area contributed by atoms with Gasteiger partial charge in [0.25, 0.3) is 0 Å². The number of carboxylic acid groups (broad SMARTS) is 1. The smallest absolute Gasteiger partial charge is 0.339 e. The molecule has 7 heteroatoms. The van der Waals surface area contributed by atoms with Crippen molar-refractivity contribution in [3.63, 3.8) is 0 Å². The molecule has 0 saturated carbocycles. The van der Waals surface area contributed by atoms with Crippen molar-refractivity contribution < 1.29 is 24.2 Å². The summed E-state index contributed by atoms with van der Waals surface area (Å²) >= 11 is 0. The van der Waals surface area contributed by atoms with Crippen LogP contribution in [0.1, 0.15) is 35.2 Å². The summed E-state index contributed by atoms with van der Waals surface area (Å²) < 4.78 is 4.67. The second kappa shape index (κ2) is 9.23. The Morgan fingerprint density at radius 3 is 2.65 bits per heavy atom. The average molecular weight is 318 g/mol. The SMILES string of the molecule is COC(=O)c1ccc(NC(=O)CCCC(=O)O)cc1C#CCN. The van der Waals surface area contributed by atoms with Gasteiger partial charge in [-0.15, -0.1) is 0 Å². The zero-order valence-electron chi connectivity index (χ0n) is 12.7. The molecular weight excluding hydrogens is 300 g/mol. The molecule has 0 heterocycles. The molecule has 0 aliphatic carbocycles. The highest BCUT2D eigenvalue weighted by Gasteiger charge is 2.12. The maximum Gasteiger partial charge on any atom is 0.339 e. The van der Waals surface area contributed by atoms with Gasteiger partial charge in [-0.05, 0) is 24.6 Å². The number of carboxylic acids is 1. The number of benzene rings is 1. The molecule has 4 N–H and O–H groups in total. The van der Waals surface area contributed by atoms with Crippen LogP contribution in [0.3, 0.4) is 0 Å². The maximum atomic E-state index is 11.7. The molecule has 122 valence electrons. The third kappa shape index (κ3) is 6.20. The summed E-state index contributed by atoms with van der Waals surface area (Å²) in [6, 6.07) is 4.60. The minimum atomic E-state index is -0.945. The number of hydrogen-bond donors (Lipinski definition) is 3. The summed E-state index contributed by atoms with van der Waals surface area (Å²) in [7, 11) is 1.26. The highest BCUT2D eigenvalue weighted by atomic mass is 16.5. The normalized spacial score (nSPS) is 9.48. The first-order valence-electron chi connectivity index (χ1n) is 6.91. The van der Waals surface area contributed by atoms with Crippen molar-refractivity contribution >= 4 is 23.5 Å². The Morgan fingerprint density at radius 2 is 2.04 bits per heavy atom. The van der Waals surface area contributed by atoms with Crippen LogP contribution in [0.2, 0.25) is 0 Å². The minimum absolute atomic E-state index is 0.0675. The summed E-state index contributed by atoms with van der Waals surface area (Å²) in [5.74, 6) is 3.61. The number of anilines is 1. The van der Waals surface area contributed by atoms with E-state index in [0.29, 0.717) is 11.3 Å². The number of ether oxygens (including phenoxy) is 1. The molecule has 0 aliphatic heterocycles. The fourth-order valence-corrected chi connectivity index (χ4v) is 1.78. The zero-order valence-corrected chi connectivity index (χ0v) is 12.7. The third-order valence-electron chi connectivity index (χ3n) is 2.83. The van der Waals surface area contributed by atoms with Gasteiger partial charge in [-0.25, -0.2) is 4.79 Å². The van der Waals surface area contributed by atoms with Gasteiger partial charge in [0.2, 0.25) is 5.91 Å². The van der Waals surface area contributed by atoms with E-state index < -0.39 is 11.9 Å². The second-order valence-electron chi connectivity index (χ2n) is 4.55. The fraction of sp³-hybridized carbons (Fsp3) is 0.312. The maximum absolute atomic E-state index is 11.7. The first-order chi connectivity index (χ1) is 11.0. The molecule has 0 aromatic heterocycles. The lowest BCUT2D eigenvalue weighted by molar-refractivity contribution is -0.137. The van der Waals surface area contributed by atoms with Crippen molar-refractivity contribution in [3.8, 4) is 11.8 Å². The minimum Gasteiger partial charge on any atom is -0.481 e. The monoisotopic (exact) mass is 318 g/mol. The van der Waals surface area contributed by atoms with Crippen molar-refractivity contribution in [1.82, 2.24) is 0 Å². The van der Waals surface area contributed by atoms with Gasteiger partial charge >= 0.3 is 11.9 Å². The van der Waals surface area contributed by atoms with Crippen LogP contribution in [-0.4, -0.2) is 36.6 Å². The Bertz CT molecular complexity index is 658. The van der Waals surface area contributed by atoms with E-state index >= 15 is 0 Å². The fourth-order valence-electron chi connectivity index (χ4n) is 1.78. The lowest BCUT2D eigenvalue weighted by Crippen LogP contribution is -2.13. The zero-order chi connectivity index (χ0) is 17.2. The number of carbonyl (C=O) groups is 3. The molecule has 0 unspecified atom stereocenters. The van der Waals surface area contributed by atoms with Crippen molar-refractivity contribution in [2.45, 2.75) is 19.3 Å². The molecule has 1 rings (SSSR count). The van der Waals surface area contributed by atoms with Gasteiger partial charge in [-0.2, -0.15) is 0 Å². The van der Waals surface area contributed by atoms with Crippen LogP contribution in [0.15, 0.2) is 18.2 Å². The number of nitrogens with two attached hydrogens (primary N) is 1. The largest absolute Gasteiger partial charge is 0.481 e. The van der Waals surface area contributed by atoms with E-state index in [0.717, 1.165) is 0 Å². The summed E-state index contributed by atoms with van der Waals surface area (Å²) in [6.07, 6.45) is 0.276. The van der Waals surface area contributed by atoms with Gasteiger partial charge in [-0.1, -0.05) is 11.8 Å². The van der Waals surface area contributed by atoms with Crippen LogP contribution in [0.5, 0.6) is 0 Å². The van der Waals surface area contributed by atoms with E-state index in [1.165, 1.54) is 13.2 Å². The van der Waals surface area contributed by atoms with Crippen LogP contribution < -0.4 is 11.1 Å². The number of methoxy groups -OCH3 is 1. The Balaban J connectivity index is 2.86. The predicted molar refractivity (Wildman–Crippen MR) is 83.8 cm³/mol. The van der Waals surface area contributed by atoms with Crippen molar-refractivity contribution in [3.05, 3.63) is 29.3 Å². The average Bonchev–Trinajstić information content (AvgIpc) is 2.52. The van der Waals surface area contributed by atoms with Crippen molar-refractivity contribution in [1.29, 1.82) is 0 Å². The topological polar surface area (TPSA) is 119 Å².